The van der Waals surface area contributed by atoms with Crippen molar-refractivity contribution >= 4 is 6.09 Å². The first-order valence-electron chi connectivity index (χ1n) is 7.90. The van der Waals surface area contributed by atoms with Crippen LogP contribution in [0.4, 0.5) is 4.79 Å². The summed E-state index contributed by atoms with van der Waals surface area (Å²) in [6.45, 7) is 9.16. The van der Waals surface area contributed by atoms with E-state index in [1.165, 1.54) is 5.56 Å². The highest BCUT2D eigenvalue weighted by Crippen LogP contribution is 2.31. The number of alkyl carbamates (subject to hydrolysis) is 1. The molecule has 6 nitrogen and oxygen atoms in total. The fourth-order valence-corrected chi connectivity index (χ4v) is 2.73. The number of carbonyl (C=O) groups is 1. The monoisotopic (exact) mass is 308 g/mol. The highest BCUT2D eigenvalue weighted by Gasteiger charge is 2.39. The third kappa shape index (κ3) is 4.47. The molecular formula is C16H28N4O2. The van der Waals surface area contributed by atoms with Crippen molar-refractivity contribution in [3.05, 3.63) is 17.5 Å². The zero-order valence-electron chi connectivity index (χ0n) is 14.3. The zero-order chi connectivity index (χ0) is 16.4. The summed E-state index contributed by atoms with van der Waals surface area (Å²) in [4.78, 5) is 12.0. The molecule has 6 heteroatoms. The molecule has 2 rings (SSSR count). The number of hydrogen-bond donors (Lipinski definition) is 2. The first-order chi connectivity index (χ1) is 10.2. The van der Waals surface area contributed by atoms with Gasteiger partial charge in [-0.15, -0.1) is 0 Å². The molecule has 22 heavy (non-hydrogen) atoms. The number of nitrogens with one attached hydrogen (secondary N) is 2. The minimum absolute atomic E-state index is 0.168. The molecule has 2 N–H and O–H groups in total. The van der Waals surface area contributed by atoms with Gasteiger partial charge in [-0.3, -0.25) is 4.68 Å². The molecule has 1 fully saturated rings. The molecule has 124 valence electrons. The molecule has 0 bridgehead atoms. The summed E-state index contributed by atoms with van der Waals surface area (Å²) in [5, 5.41) is 10.8. The SMILES string of the molecule is Cc1nn(C)cc1CNCC1(NC(=O)OC(C)(C)C)CCC1. The number of rotatable bonds is 5. The third-order valence-electron chi connectivity index (χ3n) is 3.97. The van der Waals surface area contributed by atoms with Gasteiger partial charge in [-0.2, -0.15) is 5.10 Å². The summed E-state index contributed by atoms with van der Waals surface area (Å²) in [6.07, 6.45) is 4.82. The molecule has 0 radical (unpaired) electrons. The van der Waals surface area contributed by atoms with Crippen molar-refractivity contribution in [2.24, 2.45) is 7.05 Å². The van der Waals surface area contributed by atoms with E-state index in [0.29, 0.717) is 0 Å². The van der Waals surface area contributed by atoms with Crippen LogP contribution in [0, 0.1) is 6.92 Å². The standard InChI is InChI=1S/C16H28N4O2/c1-12-13(10-20(5)19-12)9-17-11-16(7-6-8-16)18-14(21)22-15(2,3)4/h10,17H,6-9,11H2,1-5H3,(H,18,21). The number of aromatic nitrogens is 2. The minimum atomic E-state index is -0.463. The number of hydrogen-bond acceptors (Lipinski definition) is 4. The van der Waals surface area contributed by atoms with E-state index < -0.39 is 5.60 Å². The molecule has 1 aromatic rings. The van der Waals surface area contributed by atoms with E-state index in [9.17, 15) is 4.79 Å². The molecule has 0 unspecified atom stereocenters. The van der Waals surface area contributed by atoms with Crippen LogP contribution in [-0.2, 0) is 18.3 Å². The molecule has 1 aromatic heterocycles. The van der Waals surface area contributed by atoms with E-state index in [-0.39, 0.29) is 11.6 Å². The van der Waals surface area contributed by atoms with Gasteiger partial charge in [0.15, 0.2) is 0 Å². The van der Waals surface area contributed by atoms with Gasteiger partial charge in [0.05, 0.1) is 11.2 Å². The van der Waals surface area contributed by atoms with Crippen LogP contribution < -0.4 is 10.6 Å². The van der Waals surface area contributed by atoms with Gasteiger partial charge in [0, 0.05) is 31.9 Å². The summed E-state index contributed by atoms with van der Waals surface area (Å²) in [5.74, 6) is 0. The smallest absolute Gasteiger partial charge is 0.408 e. The lowest BCUT2D eigenvalue weighted by Gasteiger charge is -2.42. The number of nitrogens with zero attached hydrogens (tertiary/aromatic N) is 2. The molecule has 1 aliphatic rings. The Morgan fingerprint density at radius 3 is 2.59 bits per heavy atom. The normalized spacial score (nSPS) is 17.0. The fraction of sp³-hybridized carbons (Fsp3) is 0.750. The van der Waals surface area contributed by atoms with Crippen molar-refractivity contribution < 1.29 is 9.53 Å². The van der Waals surface area contributed by atoms with Crippen LogP contribution in [0.15, 0.2) is 6.20 Å². The summed E-state index contributed by atoms with van der Waals surface area (Å²) >= 11 is 0. The Morgan fingerprint density at radius 2 is 2.14 bits per heavy atom. The molecule has 1 heterocycles. The van der Waals surface area contributed by atoms with Crippen LogP contribution in [-0.4, -0.2) is 33.6 Å². The van der Waals surface area contributed by atoms with Crippen molar-refractivity contribution in [3.63, 3.8) is 0 Å². The number of aryl methyl sites for hydroxylation is 2. The summed E-state index contributed by atoms with van der Waals surface area (Å²) in [7, 11) is 1.92. The Morgan fingerprint density at radius 1 is 1.45 bits per heavy atom. The second-order valence-corrected chi connectivity index (χ2v) is 7.28. The average molecular weight is 308 g/mol. The number of amides is 1. The van der Waals surface area contributed by atoms with Crippen LogP contribution in [0.3, 0.4) is 0 Å². The van der Waals surface area contributed by atoms with Gasteiger partial charge in [-0.1, -0.05) is 0 Å². The second kappa shape index (κ2) is 6.28. The quantitative estimate of drug-likeness (QED) is 0.875. The van der Waals surface area contributed by atoms with Crippen molar-refractivity contribution in [1.82, 2.24) is 20.4 Å². The average Bonchev–Trinajstić information content (AvgIpc) is 2.62. The third-order valence-corrected chi connectivity index (χ3v) is 3.97. The van der Waals surface area contributed by atoms with Gasteiger partial charge in [0.1, 0.15) is 5.60 Å². The van der Waals surface area contributed by atoms with Gasteiger partial charge in [-0.25, -0.2) is 4.79 Å². The van der Waals surface area contributed by atoms with Gasteiger partial charge in [0.25, 0.3) is 0 Å². The molecule has 0 saturated heterocycles. The van der Waals surface area contributed by atoms with Crippen LogP contribution >= 0.6 is 0 Å². The largest absolute Gasteiger partial charge is 0.444 e. The lowest BCUT2D eigenvalue weighted by atomic mass is 9.76. The van der Waals surface area contributed by atoms with Gasteiger partial charge in [0.2, 0.25) is 0 Å². The molecule has 0 aliphatic heterocycles. The van der Waals surface area contributed by atoms with Crippen molar-refractivity contribution in [1.29, 1.82) is 0 Å². The van der Waals surface area contributed by atoms with E-state index in [1.807, 2.05) is 45.6 Å². The minimum Gasteiger partial charge on any atom is -0.444 e. The second-order valence-electron chi connectivity index (χ2n) is 7.28. The van der Waals surface area contributed by atoms with Gasteiger partial charge >= 0.3 is 6.09 Å². The zero-order valence-corrected chi connectivity index (χ0v) is 14.3. The molecule has 1 saturated carbocycles. The van der Waals surface area contributed by atoms with Crippen molar-refractivity contribution in [2.45, 2.75) is 64.6 Å². The number of ether oxygens (including phenoxy) is 1. The van der Waals surface area contributed by atoms with E-state index in [1.54, 1.807) is 0 Å². The predicted octanol–water partition coefficient (Wildman–Crippen LogP) is 2.27. The summed E-state index contributed by atoms with van der Waals surface area (Å²) in [5.41, 5.74) is 1.60. The molecule has 0 spiro atoms. The molecule has 1 aliphatic carbocycles. The van der Waals surface area contributed by atoms with Crippen molar-refractivity contribution in [2.75, 3.05) is 6.54 Å². The fourth-order valence-electron chi connectivity index (χ4n) is 2.73. The lowest BCUT2D eigenvalue weighted by molar-refractivity contribution is 0.0382. The molecule has 1 amide bonds. The van der Waals surface area contributed by atoms with E-state index in [4.69, 9.17) is 4.74 Å². The summed E-state index contributed by atoms with van der Waals surface area (Å²) in [6, 6.07) is 0. The molecular weight excluding hydrogens is 280 g/mol. The van der Waals surface area contributed by atoms with Gasteiger partial charge < -0.3 is 15.4 Å². The predicted molar refractivity (Wildman–Crippen MR) is 85.6 cm³/mol. The number of carbonyl (C=O) groups excluding carboxylic acids is 1. The van der Waals surface area contributed by atoms with Crippen LogP contribution in [0.2, 0.25) is 0 Å². The first kappa shape index (κ1) is 16.8. The van der Waals surface area contributed by atoms with Gasteiger partial charge in [-0.05, 0) is 47.0 Å². The topological polar surface area (TPSA) is 68.2 Å². The Labute approximate surface area is 132 Å². The van der Waals surface area contributed by atoms with Crippen molar-refractivity contribution in [3.8, 4) is 0 Å². The summed E-state index contributed by atoms with van der Waals surface area (Å²) < 4.78 is 7.19. The van der Waals surface area contributed by atoms with E-state index >= 15 is 0 Å². The lowest BCUT2D eigenvalue weighted by Crippen LogP contribution is -2.59. The Bertz CT molecular complexity index is 527. The maximum atomic E-state index is 12.0. The molecule has 0 aromatic carbocycles. The van der Waals surface area contributed by atoms with E-state index in [2.05, 4.69) is 15.7 Å². The first-order valence-corrected chi connectivity index (χ1v) is 7.90. The van der Waals surface area contributed by atoms with E-state index in [0.717, 1.165) is 38.0 Å². The Hall–Kier alpha value is -1.56. The maximum absolute atomic E-state index is 12.0. The Kier molecular flexibility index (Phi) is 4.80. The van der Waals surface area contributed by atoms with Crippen LogP contribution in [0.25, 0.3) is 0 Å². The van der Waals surface area contributed by atoms with Crippen LogP contribution in [0.5, 0.6) is 0 Å². The maximum Gasteiger partial charge on any atom is 0.408 e. The highest BCUT2D eigenvalue weighted by molar-refractivity contribution is 5.69. The van der Waals surface area contributed by atoms with Crippen LogP contribution in [0.1, 0.15) is 51.3 Å². The highest BCUT2D eigenvalue weighted by atomic mass is 16.6. The molecule has 0 atom stereocenters. The Balaban J connectivity index is 1.83.